The summed E-state index contributed by atoms with van der Waals surface area (Å²) in [5, 5.41) is 11.4. The fourth-order valence-corrected chi connectivity index (χ4v) is 1.09. The van der Waals surface area contributed by atoms with Crippen LogP contribution in [-0.2, 0) is 19.1 Å². The number of ether oxygens (including phenoxy) is 2. The molecule has 0 rings (SSSR count). The zero-order chi connectivity index (χ0) is 13.3. The van der Waals surface area contributed by atoms with Crippen LogP contribution in [0.5, 0.6) is 0 Å². The third-order valence-electron chi connectivity index (χ3n) is 2.53. The lowest BCUT2D eigenvalue weighted by Crippen LogP contribution is -2.36. The highest BCUT2D eigenvalue weighted by Gasteiger charge is 2.25. The lowest BCUT2D eigenvalue weighted by molar-refractivity contribution is -0.146. The van der Waals surface area contributed by atoms with E-state index < -0.39 is 17.8 Å². The molecular weight excluding hydrogens is 226 g/mol. The molecule has 0 heterocycles. The van der Waals surface area contributed by atoms with Gasteiger partial charge in [0, 0.05) is 19.6 Å². The Morgan fingerprint density at radius 1 is 1.18 bits per heavy atom. The van der Waals surface area contributed by atoms with Crippen molar-refractivity contribution in [1.29, 1.82) is 0 Å². The van der Waals surface area contributed by atoms with Gasteiger partial charge in [0.1, 0.15) is 0 Å². The summed E-state index contributed by atoms with van der Waals surface area (Å²) in [6, 6.07) is 0. The van der Waals surface area contributed by atoms with Gasteiger partial charge in [-0.25, -0.2) is 0 Å². The van der Waals surface area contributed by atoms with Crippen molar-refractivity contribution in [2.24, 2.45) is 11.8 Å². The molecule has 0 aromatic rings. The Bertz CT molecular complexity index is 244. The first kappa shape index (κ1) is 15.9. The van der Waals surface area contributed by atoms with Crippen LogP contribution < -0.4 is 5.32 Å². The van der Waals surface area contributed by atoms with Crippen molar-refractivity contribution < 1.29 is 24.2 Å². The third kappa shape index (κ3) is 6.91. The van der Waals surface area contributed by atoms with E-state index in [1.807, 2.05) is 0 Å². The van der Waals surface area contributed by atoms with Gasteiger partial charge in [0.05, 0.1) is 25.7 Å². The molecule has 0 bridgehead atoms. The van der Waals surface area contributed by atoms with E-state index in [0.717, 1.165) is 0 Å². The summed E-state index contributed by atoms with van der Waals surface area (Å²) in [6.45, 7) is 4.87. The smallest absolute Gasteiger partial charge is 0.307 e. The number of carboxylic acids is 1. The van der Waals surface area contributed by atoms with Gasteiger partial charge >= 0.3 is 5.97 Å². The number of methoxy groups -OCH3 is 1. The van der Waals surface area contributed by atoms with Gasteiger partial charge < -0.3 is 19.9 Å². The molecule has 0 saturated heterocycles. The van der Waals surface area contributed by atoms with Crippen molar-refractivity contribution in [1.82, 2.24) is 5.32 Å². The molecule has 1 amide bonds. The number of rotatable bonds is 9. The fourth-order valence-electron chi connectivity index (χ4n) is 1.09. The molecule has 0 aliphatic heterocycles. The Labute approximate surface area is 101 Å². The molecule has 17 heavy (non-hydrogen) atoms. The van der Waals surface area contributed by atoms with Crippen LogP contribution in [0.25, 0.3) is 0 Å². The summed E-state index contributed by atoms with van der Waals surface area (Å²) in [5.74, 6) is -2.48. The maximum absolute atomic E-state index is 11.5. The van der Waals surface area contributed by atoms with Crippen LogP contribution in [0.15, 0.2) is 0 Å². The second kappa shape index (κ2) is 8.95. The van der Waals surface area contributed by atoms with Crippen LogP contribution in [0.1, 0.15) is 13.8 Å². The number of carboxylic acid groups (broad SMARTS) is 1. The van der Waals surface area contributed by atoms with Gasteiger partial charge in [0.2, 0.25) is 5.91 Å². The summed E-state index contributed by atoms with van der Waals surface area (Å²) in [4.78, 5) is 22.2. The van der Waals surface area contributed by atoms with E-state index in [4.69, 9.17) is 14.6 Å². The van der Waals surface area contributed by atoms with Gasteiger partial charge in [-0.15, -0.1) is 0 Å². The molecule has 6 heteroatoms. The number of hydrogen-bond donors (Lipinski definition) is 2. The summed E-state index contributed by atoms with van der Waals surface area (Å²) in [7, 11) is 1.58. The number of carbonyl (C=O) groups is 2. The van der Waals surface area contributed by atoms with Crippen molar-refractivity contribution in [3.8, 4) is 0 Å². The minimum Gasteiger partial charge on any atom is -0.481 e. The predicted molar refractivity (Wildman–Crippen MR) is 61.7 cm³/mol. The minimum absolute atomic E-state index is 0.268. The summed E-state index contributed by atoms with van der Waals surface area (Å²) in [6.07, 6.45) is 0. The zero-order valence-corrected chi connectivity index (χ0v) is 10.6. The Morgan fingerprint density at radius 2 is 1.82 bits per heavy atom. The molecule has 0 fully saturated rings. The van der Waals surface area contributed by atoms with E-state index in [1.54, 1.807) is 14.0 Å². The Balaban J connectivity index is 3.68. The second-order valence-electron chi connectivity index (χ2n) is 3.81. The molecule has 0 aromatic carbocycles. The largest absolute Gasteiger partial charge is 0.481 e. The zero-order valence-electron chi connectivity index (χ0n) is 10.6. The van der Waals surface area contributed by atoms with E-state index in [-0.39, 0.29) is 5.91 Å². The molecule has 0 spiro atoms. The van der Waals surface area contributed by atoms with E-state index in [1.165, 1.54) is 6.92 Å². The lowest BCUT2D eigenvalue weighted by atomic mass is 9.95. The van der Waals surface area contributed by atoms with Crippen LogP contribution in [0.2, 0.25) is 0 Å². The monoisotopic (exact) mass is 247 g/mol. The minimum atomic E-state index is -0.969. The Morgan fingerprint density at radius 3 is 2.35 bits per heavy atom. The molecule has 2 N–H and O–H groups in total. The van der Waals surface area contributed by atoms with E-state index in [9.17, 15) is 9.59 Å². The third-order valence-corrected chi connectivity index (χ3v) is 2.53. The number of amides is 1. The normalized spacial score (nSPS) is 14.1. The summed E-state index contributed by atoms with van der Waals surface area (Å²) < 4.78 is 9.94. The van der Waals surface area contributed by atoms with Gasteiger partial charge in [-0.05, 0) is 0 Å². The number of nitrogens with one attached hydrogen (secondary N) is 1. The number of hydrogen-bond acceptors (Lipinski definition) is 4. The van der Waals surface area contributed by atoms with E-state index in [2.05, 4.69) is 5.32 Å². The van der Waals surface area contributed by atoms with Crippen molar-refractivity contribution in [2.45, 2.75) is 13.8 Å². The Kier molecular flexibility index (Phi) is 8.35. The highest BCUT2D eigenvalue weighted by molar-refractivity contribution is 5.84. The van der Waals surface area contributed by atoms with Crippen LogP contribution in [0.3, 0.4) is 0 Å². The molecule has 0 radical (unpaired) electrons. The van der Waals surface area contributed by atoms with Gasteiger partial charge in [-0.3, -0.25) is 9.59 Å². The van der Waals surface area contributed by atoms with Crippen LogP contribution in [-0.4, -0.2) is 50.5 Å². The fraction of sp³-hybridized carbons (Fsp3) is 0.818. The molecule has 0 saturated carbocycles. The predicted octanol–water partition coefficient (Wildman–Crippen LogP) is 0.122. The highest BCUT2D eigenvalue weighted by atomic mass is 16.5. The first-order valence-corrected chi connectivity index (χ1v) is 5.58. The molecule has 6 nitrogen and oxygen atoms in total. The van der Waals surface area contributed by atoms with Crippen LogP contribution in [0.4, 0.5) is 0 Å². The van der Waals surface area contributed by atoms with Gasteiger partial charge in [-0.1, -0.05) is 13.8 Å². The molecular formula is C11H21NO5. The van der Waals surface area contributed by atoms with Gasteiger partial charge in [-0.2, -0.15) is 0 Å². The quantitative estimate of drug-likeness (QED) is 0.565. The topological polar surface area (TPSA) is 84.9 Å². The van der Waals surface area contributed by atoms with E-state index >= 15 is 0 Å². The standard InChI is InChI=1S/C11H21NO5/c1-8(9(2)11(14)15)10(13)12-4-5-17-7-6-16-3/h8-9H,4-7H2,1-3H3,(H,12,13)(H,14,15). The summed E-state index contributed by atoms with van der Waals surface area (Å²) in [5.41, 5.74) is 0. The summed E-state index contributed by atoms with van der Waals surface area (Å²) >= 11 is 0. The SMILES string of the molecule is COCCOCCNC(=O)C(C)C(C)C(=O)O. The first-order valence-electron chi connectivity index (χ1n) is 5.58. The Hall–Kier alpha value is -1.14. The second-order valence-corrected chi connectivity index (χ2v) is 3.81. The maximum Gasteiger partial charge on any atom is 0.307 e. The van der Waals surface area contributed by atoms with Crippen molar-refractivity contribution >= 4 is 11.9 Å². The maximum atomic E-state index is 11.5. The molecule has 100 valence electrons. The molecule has 2 atom stereocenters. The molecule has 2 unspecified atom stereocenters. The van der Waals surface area contributed by atoms with Crippen molar-refractivity contribution in [2.75, 3.05) is 33.5 Å². The van der Waals surface area contributed by atoms with Crippen LogP contribution >= 0.6 is 0 Å². The molecule has 0 aliphatic carbocycles. The average molecular weight is 247 g/mol. The van der Waals surface area contributed by atoms with Gasteiger partial charge in [0.15, 0.2) is 0 Å². The number of aliphatic carboxylic acids is 1. The lowest BCUT2D eigenvalue weighted by Gasteiger charge is -2.15. The van der Waals surface area contributed by atoms with Crippen molar-refractivity contribution in [3.05, 3.63) is 0 Å². The molecule has 0 aromatic heterocycles. The molecule has 0 aliphatic rings. The van der Waals surface area contributed by atoms with E-state index in [0.29, 0.717) is 26.4 Å². The van der Waals surface area contributed by atoms with Crippen LogP contribution in [0, 0.1) is 11.8 Å². The van der Waals surface area contributed by atoms with Crippen molar-refractivity contribution in [3.63, 3.8) is 0 Å². The first-order chi connectivity index (χ1) is 8.00. The highest BCUT2D eigenvalue weighted by Crippen LogP contribution is 2.10. The van der Waals surface area contributed by atoms with Gasteiger partial charge in [0.25, 0.3) is 0 Å². The average Bonchev–Trinajstić information content (AvgIpc) is 2.31. The number of carbonyl (C=O) groups excluding carboxylic acids is 1.